The minimum atomic E-state index is -0.781. The fourth-order valence-corrected chi connectivity index (χ4v) is 3.60. The summed E-state index contributed by atoms with van der Waals surface area (Å²) in [6.45, 7) is 3.83. The first-order valence-corrected chi connectivity index (χ1v) is 9.59. The molecule has 1 saturated heterocycles. The summed E-state index contributed by atoms with van der Waals surface area (Å²) in [7, 11) is 3.03. The maximum Gasteiger partial charge on any atom is 0.295 e. The second-order valence-electron chi connectivity index (χ2n) is 6.36. The number of carbonyl (C=O) groups is 2. The Balaban J connectivity index is 2.21. The monoisotopic (exact) mass is 457 g/mol. The Kier molecular flexibility index (Phi) is 6.08. The zero-order valence-corrected chi connectivity index (χ0v) is 17.6. The van der Waals surface area contributed by atoms with Crippen LogP contribution in [-0.2, 0) is 9.59 Å². The standard InChI is InChI=1S/C22H20BrNO5/c1-4-11-24-19(14-7-10-16(28-2)17(12-14)29-3)18(21(26)22(24)27)20(25)13-5-8-15(23)9-6-13/h4-10,12,19,25H,1,11H2,2-3H3/b20-18+. The summed E-state index contributed by atoms with van der Waals surface area (Å²) in [5, 5.41) is 10.9. The van der Waals surface area contributed by atoms with Crippen LogP contribution in [0.25, 0.3) is 5.76 Å². The molecule has 0 bridgehead atoms. The summed E-state index contributed by atoms with van der Waals surface area (Å²) in [6.07, 6.45) is 1.54. The van der Waals surface area contributed by atoms with E-state index >= 15 is 0 Å². The predicted molar refractivity (Wildman–Crippen MR) is 113 cm³/mol. The van der Waals surface area contributed by atoms with Crippen molar-refractivity contribution in [2.24, 2.45) is 0 Å². The first-order valence-electron chi connectivity index (χ1n) is 8.80. The second kappa shape index (κ2) is 8.53. The Bertz CT molecular complexity index is 997. The lowest BCUT2D eigenvalue weighted by Crippen LogP contribution is -2.29. The number of benzene rings is 2. The number of nitrogens with zero attached hydrogens (tertiary/aromatic N) is 1. The first-order chi connectivity index (χ1) is 13.9. The van der Waals surface area contributed by atoms with E-state index in [1.165, 1.54) is 19.1 Å². The highest BCUT2D eigenvalue weighted by Crippen LogP contribution is 2.41. The summed E-state index contributed by atoms with van der Waals surface area (Å²) in [6, 6.07) is 11.2. The molecule has 7 heteroatoms. The third-order valence-electron chi connectivity index (χ3n) is 4.71. The van der Waals surface area contributed by atoms with Crippen LogP contribution >= 0.6 is 15.9 Å². The van der Waals surface area contributed by atoms with Crippen molar-refractivity contribution in [3.8, 4) is 11.5 Å². The molecule has 29 heavy (non-hydrogen) atoms. The molecule has 1 aliphatic rings. The minimum Gasteiger partial charge on any atom is -0.507 e. The van der Waals surface area contributed by atoms with Gasteiger partial charge in [-0.15, -0.1) is 6.58 Å². The molecule has 150 valence electrons. The molecule has 0 spiro atoms. The van der Waals surface area contributed by atoms with E-state index in [1.54, 1.807) is 48.5 Å². The highest BCUT2D eigenvalue weighted by Gasteiger charge is 2.45. The molecular formula is C22H20BrNO5. The van der Waals surface area contributed by atoms with Crippen molar-refractivity contribution in [2.75, 3.05) is 20.8 Å². The molecule has 0 saturated carbocycles. The number of ether oxygens (including phenoxy) is 2. The van der Waals surface area contributed by atoms with Crippen LogP contribution in [0.4, 0.5) is 0 Å². The van der Waals surface area contributed by atoms with Gasteiger partial charge in [0.1, 0.15) is 5.76 Å². The number of methoxy groups -OCH3 is 2. The predicted octanol–water partition coefficient (Wildman–Crippen LogP) is 4.07. The maximum absolute atomic E-state index is 12.8. The smallest absolute Gasteiger partial charge is 0.295 e. The molecule has 1 unspecified atom stereocenters. The number of ketones is 1. The van der Waals surface area contributed by atoms with Crippen LogP contribution in [0.3, 0.4) is 0 Å². The van der Waals surface area contributed by atoms with Gasteiger partial charge in [-0.1, -0.05) is 40.2 Å². The van der Waals surface area contributed by atoms with Crippen LogP contribution in [0.2, 0.25) is 0 Å². The zero-order chi connectivity index (χ0) is 21.1. The lowest BCUT2D eigenvalue weighted by Gasteiger charge is -2.24. The fourth-order valence-electron chi connectivity index (χ4n) is 3.34. The van der Waals surface area contributed by atoms with Crippen LogP contribution in [0.5, 0.6) is 11.5 Å². The molecule has 2 aromatic rings. The van der Waals surface area contributed by atoms with Gasteiger partial charge in [0.2, 0.25) is 0 Å². The number of aliphatic hydroxyl groups is 1. The molecule has 2 aromatic carbocycles. The van der Waals surface area contributed by atoms with Crippen LogP contribution in [0.1, 0.15) is 17.2 Å². The van der Waals surface area contributed by atoms with Crippen molar-refractivity contribution in [2.45, 2.75) is 6.04 Å². The fraction of sp³-hybridized carbons (Fsp3) is 0.182. The number of amides is 1. The van der Waals surface area contributed by atoms with E-state index in [2.05, 4.69) is 22.5 Å². The number of carbonyl (C=O) groups excluding carboxylic acids is 2. The van der Waals surface area contributed by atoms with E-state index in [0.717, 1.165) is 4.47 Å². The highest BCUT2D eigenvalue weighted by molar-refractivity contribution is 9.10. The van der Waals surface area contributed by atoms with Gasteiger partial charge in [0.05, 0.1) is 25.8 Å². The van der Waals surface area contributed by atoms with Crippen LogP contribution < -0.4 is 9.47 Å². The molecule has 1 heterocycles. The van der Waals surface area contributed by atoms with Crippen molar-refractivity contribution in [3.63, 3.8) is 0 Å². The lowest BCUT2D eigenvalue weighted by molar-refractivity contribution is -0.139. The third kappa shape index (κ3) is 3.78. The first kappa shape index (κ1) is 20.7. The van der Waals surface area contributed by atoms with Gasteiger partial charge in [0.25, 0.3) is 11.7 Å². The van der Waals surface area contributed by atoms with Crippen molar-refractivity contribution in [3.05, 3.63) is 76.3 Å². The maximum atomic E-state index is 12.8. The Labute approximate surface area is 177 Å². The van der Waals surface area contributed by atoms with E-state index in [9.17, 15) is 14.7 Å². The molecule has 0 aromatic heterocycles. The van der Waals surface area contributed by atoms with Gasteiger partial charge in [-0.25, -0.2) is 0 Å². The average Bonchev–Trinajstić information content (AvgIpc) is 2.98. The normalized spacial score (nSPS) is 18.0. The van der Waals surface area contributed by atoms with Crippen molar-refractivity contribution in [1.82, 2.24) is 4.90 Å². The molecule has 0 radical (unpaired) electrons. The van der Waals surface area contributed by atoms with Gasteiger partial charge < -0.3 is 19.5 Å². The SMILES string of the molecule is C=CCN1C(=O)C(=O)/C(=C(/O)c2ccc(Br)cc2)C1c1ccc(OC)c(OC)c1. The largest absolute Gasteiger partial charge is 0.507 e. The summed E-state index contributed by atoms with van der Waals surface area (Å²) < 4.78 is 11.5. The molecule has 6 nitrogen and oxygen atoms in total. The number of likely N-dealkylation sites (tertiary alicyclic amines) is 1. The summed E-state index contributed by atoms with van der Waals surface area (Å²) >= 11 is 3.34. The Morgan fingerprint density at radius 2 is 1.79 bits per heavy atom. The quantitative estimate of drug-likeness (QED) is 0.306. The lowest BCUT2D eigenvalue weighted by atomic mass is 9.95. The van der Waals surface area contributed by atoms with E-state index < -0.39 is 17.7 Å². The Hall–Kier alpha value is -3.06. The summed E-state index contributed by atoms with van der Waals surface area (Å²) in [4.78, 5) is 26.9. The molecular weight excluding hydrogens is 438 g/mol. The molecule has 1 atom stereocenters. The van der Waals surface area contributed by atoms with Crippen molar-refractivity contribution in [1.29, 1.82) is 0 Å². The van der Waals surface area contributed by atoms with Gasteiger partial charge in [-0.05, 0) is 29.8 Å². The van der Waals surface area contributed by atoms with Gasteiger partial charge >= 0.3 is 0 Å². The van der Waals surface area contributed by atoms with Crippen molar-refractivity contribution >= 4 is 33.4 Å². The van der Waals surface area contributed by atoms with Crippen LogP contribution in [0, 0.1) is 0 Å². The van der Waals surface area contributed by atoms with Gasteiger partial charge in [0, 0.05) is 16.6 Å². The Morgan fingerprint density at radius 3 is 2.38 bits per heavy atom. The molecule has 1 amide bonds. The number of halogens is 1. The second-order valence-corrected chi connectivity index (χ2v) is 7.28. The highest BCUT2D eigenvalue weighted by atomic mass is 79.9. The average molecular weight is 458 g/mol. The topological polar surface area (TPSA) is 76.1 Å². The van der Waals surface area contributed by atoms with Crippen molar-refractivity contribution < 1.29 is 24.2 Å². The zero-order valence-electron chi connectivity index (χ0n) is 16.0. The molecule has 1 fully saturated rings. The molecule has 1 N–H and O–H groups in total. The molecule has 3 rings (SSSR count). The van der Waals surface area contributed by atoms with Crippen LogP contribution in [-0.4, -0.2) is 42.5 Å². The van der Waals surface area contributed by atoms with E-state index in [-0.39, 0.29) is 17.9 Å². The Morgan fingerprint density at radius 1 is 1.14 bits per heavy atom. The van der Waals surface area contributed by atoms with Gasteiger partial charge in [0.15, 0.2) is 11.5 Å². The summed E-state index contributed by atoms with van der Waals surface area (Å²) in [5.41, 5.74) is 1.07. The minimum absolute atomic E-state index is 0.0198. The van der Waals surface area contributed by atoms with Gasteiger partial charge in [-0.3, -0.25) is 9.59 Å². The van der Waals surface area contributed by atoms with Gasteiger partial charge in [-0.2, -0.15) is 0 Å². The summed E-state index contributed by atoms with van der Waals surface area (Å²) in [5.74, 6) is -0.694. The number of Topliss-reactive ketones (excluding diaryl/α,β-unsaturated/α-hetero) is 1. The molecule has 1 aliphatic heterocycles. The van der Waals surface area contributed by atoms with E-state index in [4.69, 9.17) is 9.47 Å². The molecule has 0 aliphatic carbocycles. The number of hydrogen-bond donors (Lipinski definition) is 1. The third-order valence-corrected chi connectivity index (χ3v) is 5.24. The van der Waals surface area contributed by atoms with E-state index in [1.807, 2.05) is 0 Å². The van der Waals surface area contributed by atoms with E-state index in [0.29, 0.717) is 22.6 Å². The van der Waals surface area contributed by atoms with Crippen LogP contribution in [0.15, 0.2) is 65.2 Å². The number of aliphatic hydroxyl groups excluding tert-OH is 1. The number of hydrogen-bond acceptors (Lipinski definition) is 5. The number of rotatable bonds is 6.